The van der Waals surface area contributed by atoms with Gasteiger partial charge in [-0.25, -0.2) is 0 Å². The molecule has 1 amide bonds. The molecule has 0 fully saturated rings. The molecule has 1 N–H and O–H groups in total. The van der Waals surface area contributed by atoms with Crippen LogP contribution < -0.4 is 15.5 Å². The molecule has 24 heavy (non-hydrogen) atoms. The molecule has 0 aliphatic rings. The van der Waals surface area contributed by atoms with Crippen LogP contribution in [0.2, 0.25) is 5.02 Å². The molecule has 6 heteroatoms. The van der Waals surface area contributed by atoms with Crippen LogP contribution in [-0.2, 0) is 7.05 Å². The number of fused-ring (bicyclic) bond motifs is 1. The zero-order chi connectivity index (χ0) is 17.3. The monoisotopic (exact) mass is 342 g/mol. The molecule has 0 bridgehead atoms. The molecule has 0 radical (unpaired) electrons. The molecule has 0 saturated heterocycles. The molecule has 0 atom stereocenters. The van der Waals surface area contributed by atoms with Crippen LogP contribution in [0.25, 0.3) is 10.9 Å². The van der Waals surface area contributed by atoms with Gasteiger partial charge < -0.3 is 14.6 Å². The fraction of sp³-hybridized carbons (Fsp3) is 0.111. The third kappa shape index (κ3) is 2.86. The summed E-state index contributed by atoms with van der Waals surface area (Å²) < 4.78 is 6.76. The molecule has 5 nitrogen and oxygen atoms in total. The smallest absolute Gasteiger partial charge is 0.261 e. The lowest BCUT2D eigenvalue weighted by Gasteiger charge is -2.11. The normalized spacial score (nSPS) is 10.6. The first-order valence-electron chi connectivity index (χ1n) is 7.24. The third-order valence-electron chi connectivity index (χ3n) is 3.74. The average Bonchev–Trinajstić information content (AvgIpc) is 2.58. The van der Waals surface area contributed by atoms with Crippen molar-refractivity contribution in [2.24, 2.45) is 7.05 Å². The molecule has 0 aliphatic carbocycles. The number of para-hydroxylation sites is 1. The maximum atomic E-state index is 12.6. The summed E-state index contributed by atoms with van der Waals surface area (Å²) in [6, 6.07) is 11.9. The predicted molar refractivity (Wildman–Crippen MR) is 95.1 cm³/mol. The van der Waals surface area contributed by atoms with E-state index in [1.807, 2.05) is 0 Å². The number of methoxy groups -OCH3 is 1. The Morgan fingerprint density at radius 2 is 1.88 bits per heavy atom. The van der Waals surface area contributed by atoms with Crippen molar-refractivity contribution in [3.63, 3.8) is 0 Å². The number of ether oxygens (including phenoxy) is 1. The van der Waals surface area contributed by atoms with Crippen molar-refractivity contribution in [3.05, 3.63) is 69.5 Å². The zero-order valence-corrected chi connectivity index (χ0v) is 13.9. The summed E-state index contributed by atoms with van der Waals surface area (Å²) in [6.07, 6.45) is 1.50. The molecular weight excluding hydrogens is 328 g/mol. The molecule has 3 rings (SSSR count). The molecule has 122 valence electrons. The quantitative estimate of drug-likeness (QED) is 0.793. The first kappa shape index (κ1) is 16.1. The highest BCUT2D eigenvalue weighted by molar-refractivity contribution is 6.35. The second-order valence-corrected chi connectivity index (χ2v) is 5.71. The van der Waals surface area contributed by atoms with E-state index in [1.165, 1.54) is 6.20 Å². The van der Waals surface area contributed by atoms with Gasteiger partial charge in [-0.05, 0) is 36.4 Å². The number of aryl methyl sites for hydroxylation is 1. The largest absolute Gasteiger partial charge is 0.497 e. The Morgan fingerprint density at radius 3 is 2.54 bits per heavy atom. The van der Waals surface area contributed by atoms with Crippen LogP contribution in [0.1, 0.15) is 10.4 Å². The van der Waals surface area contributed by atoms with Crippen molar-refractivity contribution >= 4 is 34.1 Å². The van der Waals surface area contributed by atoms with Gasteiger partial charge in [-0.1, -0.05) is 17.7 Å². The van der Waals surface area contributed by atoms with Gasteiger partial charge in [0.15, 0.2) is 0 Å². The van der Waals surface area contributed by atoms with E-state index in [0.717, 1.165) is 0 Å². The van der Waals surface area contributed by atoms with Crippen LogP contribution in [0.5, 0.6) is 5.75 Å². The highest BCUT2D eigenvalue weighted by Gasteiger charge is 2.16. The first-order valence-corrected chi connectivity index (χ1v) is 7.62. The van der Waals surface area contributed by atoms with Crippen LogP contribution in [-0.4, -0.2) is 17.6 Å². The number of halogens is 1. The van der Waals surface area contributed by atoms with Crippen molar-refractivity contribution in [1.82, 2.24) is 4.57 Å². The number of nitrogens with zero attached hydrogens (tertiary/aromatic N) is 1. The van der Waals surface area contributed by atoms with Crippen LogP contribution >= 0.6 is 11.6 Å². The fourth-order valence-corrected chi connectivity index (χ4v) is 2.86. The van der Waals surface area contributed by atoms with Crippen LogP contribution in [0.15, 0.2) is 53.5 Å². The molecule has 0 aliphatic heterocycles. The Morgan fingerprint density at radius 1 is 1.17 bits per heavy atom. The van der Waals surface area contributed by atoms with E-state index < -0.39 is 5.91 Å². The Hall–Kier alpha value is -2.79. The minimum absolute atomic E-state index is 0.0584. The van der Waals surface area contributed by atoms with E-state index in [0.29, 0.717) is 27.4 Å². The number of pyridine rings is 1. The summed E-state index contributed by atoms with van der Waals surface area (Å²) in [6.45, 7) is 0. The van der Waals surface area contributed by atoms with Crippen molar-refractivity contribution < 1.29 is 9.53 Å². The SMILES string of the molecule is COc1ccc(NC(=O)c2cn(C)c3c(Cl)cccc3c2=O)cc1. The van der Waals surface area contributed by atoms with Gasteiger partial charge in [0.25, 0.3) is 5.91 Å². The maximum absolute atomic E-state index is 12.6. The van der Waals surface area contributed by atoms with Crippen molar-refractivity contribution in [3.8, 4) is 5.75 Å². The highest BCUT2D eigenvalue weighted by Crippen LogP contribution is 2.21. The summed E-state index contributed by atoms with van der Waals surface area (Å²) in [5.74, 6) is 0.215. The van der Waals surface area contributed by atoms with Crippen LogP contribution in [0.4, 0.5) is 5.69 Å². The average molecular weight is 343 g/mol. The minimum atomic E-state index is -0.470. The number of carbonyl (C=O) groups excluding carboxylic acids is 1. The zero-order valence-electron chi connectivity index (χ0n) is 13.2. The van der Waals surface area contributed by atoms with Gasteiger partial charge in [0, 0.05) is 24.3 Å². The van der Waals surface area contributed by atoms with Crippen LogP contribution in [0.3, 0.4) is 0 Å². The topological polar surface area (TPSA) is 60.3 Å². The lowest BCUT2D eigenvalue weighted by Crippen LogP contribution is -2.23. The van der Waals surface area contributed by atoms with E-state index >= 15 is 0 Å². The molecular formula is C18H15ClN2O3. The summed E-state index contributed by atoms with van der Waals surface area (Å²) in [5, 5.41) is 3.59. The van der Waals surface area contributed by atoms with Gasteiger partial charge >= 0.3 is 0 Å². The van der Waals surface area contributed by atoms with Gasteiger partial charge in [-0.15, -0.1) is 0 Å². The summed E-state index contributed by atoms with van der Waals surface area (Å²) in [5.41, 5.74) is 0.888. The molecule has 3 aromatic rings. The maximum Gasteiger partial charge on any atom is 0.261 e. The number of nitrogens with one attached hydrogen (secondary N) is 1. The molecule has 1 aromatic heterocycles. The van der Waals surface area contributed by atoms with Gasteiger partial charge in [0.1, 0.15) is 11.3 Å². The molecule has 0 spiro atoms. The molecule has 0 saturated carbocycles. The van der Waals surface area contributed by atoms with Gasteiger partial charge in [-0.2, -0.15) is 0 Å². The molecule has 0 unspecified atom stereocenters. The van der Waals surface area contributed by atoms with Gasteiger partial charge in [0.2, 0.25) is 5.43 Å². The lowest BCUT2D eigenvalue weighted by molar-refractivity contribution is 0.102. The number of carbonyl (C=O) groups is 1. The van der Waals surface area contributed by atoms with Gasteiger partial charge in [0.05, 0.1) is 17.6 Å². The van der Waals surface area contributed by atoms with E-state index in [1.54, 1.807) is 61.2 Å². The minimum Gasteiger partial charge on any atom is -0.497 e. The van der Waals surface area contributed by atoms with Crippen molar-refractivity contribution in [2.45, 2.75) is 0 Å². The number of hydrogen-bond donors (Lipinski definition) is 1. The second-order valence-electron chi connectivity index (χ2n) is 5.30. The molecule has 1 heterocycles. The van der Waals surface area contributed by atoms with Gasteiger partial charge in [-0.3, -0.25) is 9.59 Å². The first-order chi connectivity index (χ1) is 11.5. The number of hydrogen-bond acceptors (Lipinski definition) is 3. The van der Waals surface area contributed by atoms with E-state index in [2.05, 4.69) is 5.32 Å². The number of rotatable bonds is 3. The Balaban J connectivity index is 2.01. The van der Waals surface area contributed by atoms with E-state index in [-0.39, 0.29) is 11.0 Å². The molecule has 2 aromatic carbocycles. The number of anilines is 1. The van der Waals surface area contributed by atoms with Crippen molar-refractivity contribution in [1.29, 1.82) is 0 Å². The van der Waals surface area contributed by atoms with E-state index in [4.69, 9.17) is 16.3 Å². The highest BCUT2D eigenvalue weighted by atomic mass is 35.5. The Bertz CT molecular complexity index is 978. The summed E-state index contributed by atoms with van der Waals surface area (Å²) in [7, 11) is 3.31. The number of benzene rings is 2. The van der Waals surface area contributed by atoms with Crippen molar-refractivity contribution in [2.75, 3.05) is 12.4 Å². The van der Waals surface area contributed by atoms with E-state index in [9.17, 15) is 9.59 Å². The predicted octanol–water partition coefficient (Wildman–Crippen LogP) is 3.45. The summed E-state index contributed by atoms with van der Waals surface area (Å²) in [4.78, 5) is 25.1. The summed E-state index contributed by atoms with van der Waals surface area (Å²) >= 11 is 6.15. The van der Waals surface area contributed by atoms with Crippen LogP contribution in [0, 0.1) is 0 Å². The third-order valence-corrected chi connectivity index (χ3v) is 4.05. The second kappa shape index (κ2) is 6.37. The lowest BCUT2D eigenvalue weighted by atomic mass is 10.1. The fourth-order valence-electron chi connectivity index (χ4n) is 2.55. The Labute approximate surface area is 143 Å². The Kier molecular flexibility index (Phi) is 4.27. The number of aromatic nitrogens is 1. The number of amides is 1. The standard InChI is InChI=1S/C18H15ClN2O3/c1-21-10-14(17(22)13-4-3-5-15(19)16(13)21)18(23)20-11-6-8-12(24-2)9-7-11/h3-10H,1-2H3,(H,20,23).